The zero-order valence-electron chi connectivity index (χ0n) is 25.2. The molecule has 1 N–H and O–H groups in total. The first kappa shape index (κ1) is 32.8. The normalized spacial score (nSPS) is 32.0. The van der Waals surface area contributed by atoms with Gasteiger partial charge in [0.2, 0.25) is 17.6 Å². The van der Waals surface area contributed by atoms with Gasteiger partial charge in [0, 0.05) is 23.6 Å². The maximum Gasteiger partial charge on any atom is 0.258 e. The smallest absolute Gasteiger partial charge is 0.258 e. The number of hydrogen-bond acceptors (Lipinski definition) is 6. The average molecular weight is 713 g/mol. The molecule has 0 radical (unpaired) electrons. The van der Waals surface area contributed by atoms with Gasteiger partial charge in [0.1, 0.15) is 17.2 Å². The quantitative estimate of drug-likeness (QED) is 0.104. The molecule has 254 valence electrons. The molecule has 4 fully saturated rings. The van der Waals surface area contributed by atoms with Crippen LogP contribution >= 0.6 is 23.2 Å². The molecule has 0 bridgehead atoms. The number of allylic oxidation sites excluding steroid dienone is 2. The van der Waals surface area contributed by atoms with Crippen molar-refractivity contribution in [3.63, 3.8) is 0 Å². The van der Waals surface area contributed by atoms with E-state index in [2.05, 4.69) is 0 Å². The number of aromatic hydroxyl groups is 1. The largest absolute Gasteiger partial charge is 0.508 e. The van der Waals surface area contributed by atoms with E-state index in [0.29, 0.717) is 12.8 Å². The van der Waals surface area contributed by atoms with Crippen LogP contribution in [0.25, 0.3) is 0 Å². The van der Waals surface area contributed by atoms with Crippen molar-refractivity contribution in [2.75, 3.05) is 12.0 Å². The number of phenols is 1. The van der Waals surface area contributed by atoms with E-state index < -0.39 is 98.1 Å². The Morgan fingerprint density at radius 2 is 1.48 bits per heavy atom. The lowest BCUT2D eigenvalue weighted by Crippen LogP contribution is -2.60. The molecule has 2 aromatic carbocycles. The van der Waals surface area contributed by atoms with Gasteiger partial charge in [-0.1, -0.05) is 37.0 Å². The molecule has 48 heavy (non-hydrogen) atoms. The number of anilines is 1. The number of amides is 4. The Labute approximate surface area is 280 Å². The van der Waals surface area contributed by atoms with Crippen LogP contribution in [-0.2, 0) is 19.2 Å². The Morgan fingerprint density at radius 3 is 2.08 bits per heavy atom. The predicted octanol–water partition coefficient (Wildman–Crippen LogP) is 5.99. The minimum Gasteiger partial charge on any atom is -0.508 e. The molecule has 2 aromatic rings. The maximum atomic E-state index is 15.2. The molecule has 8 nitrogen and oxygen atoms in total. The SMILES string of the molecule is COc1ccc(C2C3=CCC4C(=O)N(C5CCCCC5)C(=O)C4C3CC3(Cl)C(=O)N(c4c(F)c(F)c(F)c(F)c4F)C(=O)C23Cl)c(O)c1. The van der Waals surface area contributed by atoms with E-state index in [1.807, 2.05) is 0 Å². The third-order valence-corrected chi connectivity index (χ3v) is 12.2. The highest BCUT2D eigenvalue weighted by Crippen LogP contribution is 2.67. The van der Waals surface area contributed by atoms with Gasteiger partial charge in [-0.2, -0.15) is 0 Å². The minimum atomic E-state index is -2.72. The highest BCUT2D eigenvalue weighted by atomic mass is 35.5. The third kappa shape index (κ3) is 4.12. The van der Waals surface area contributed by atoms with E-state index >= 15 is 8.78 Å². The first-order valence-corrected chi connectivity index (χ1v) is 16.2. The van der Waals surface area contributed by atoms with Gasteiger partial charge in [0.15, 0.2) is 33.0 Å². The first-order chi connectivity index (χ1) is 22.7. The Hall–Kier alpha value is -3.71. The van der Waals surface area contributed by atoms with E-state index in [0.717, 1.165) is 19.3 Å². The van der Waals surface area contributed by atoms with Crippen LogP contribution in [0.2, 0.25) is 0 Å². The van der Waals surface area contributed by atoms with Crippen molar-refractivity contribution in [1.82, 2.24) is 4.90 Å². The van der Waals surface area contributed by atoms with Crippen molar-refractivity contribution in [3.05, 3.63) is 64.5 Å². The number of hydrogen-bond donors (Lipinski definition) is 1. The van der Waals surface area contributed by atoms with E-state index in [-0.39, 0.29) is 40.2 Å². The second-order valence-corrected chi connectivity index (χ2v) is 14.2. The second-order valence-electron chi connectivity index (χ2n) is 13.0. The number of ether oxygens (including phenoxy) is 1. The molecule has 15 heteroatoms. The molecule has 6 unspecified atom stereocenters. The summed E-state index contributed by atoms with van der Waals surface area (Å²) in [5, 5.41) is 11.2. The molecule has 2 saturated heterocycles. The molecule has 3 aliphatic carbocycles. The number of imide groups is 2. The summed E-state index contributed by atoms with van der Waals surface area (Å²) in [5.41, 5.74) is -1.69. The first-order valence-electron chi connectivity index (χ1n) is 15.4. The molecule has 0 aromatic heterocycles. The number of carbonyl (C=O) groups excluding carboxylic acids is 4. The fraction of sp³-hybridized carbons (Fsp3) is 0.455. The second kappa shape index (κ2) is 11.2. The minimum absolute atomic E-state index is 0.0312. The Kier molecular flexibility index (Phi) is 7.63. The number of benzene rings is 2. The molecule has 4 amide bonds. The van der Waals surface area contributed by atoms with Gasteiger partial charge in [-0.3, -0.25) is 24.1 Å². The lowest BCUT2D eigenvalue weighted by Gasteiger charge is -2.50. The van der Waals surface area contributed by atoms with Crippen molar-refractivity contribution in [1.29, 1.82) is 0 Å². The lowest BCUT2D eigenvalue weighted by atomic mass is 9.56. The topological polar surface area (TPSA) is 104 Å². The van der Waals surface area contributed by atoms with Crippen molar-refractivity contribution < 1.29 is 51.0 Å². The maximum absolute atomic E-state index is 15.2. The number of methoxy groups -OCH3 is 1. The number of nitrogens with zero attached hydrogens (tertiary/aromatic N) is 2. The number of carbonyl (C=O) groups is 4. The van der Waals surface area contributed by atoms with Gasteiger partial charge in [-0.15, -0.1) is 23.2 Å². The Bertz CT molecular complexity index is 1820. The van der Waals surface area contributed by atoms with E-state index in [1.165, 1.54) is 30.2 Å². The van der Waals surface area contributed by atoms with Crippen molar-refractivity contribution >= 4 is 52.5 Å². The van der Waals surface area contributed by atoms with Crippen LogP contribution < -0.4 is 9.64 Å². The Balaban J connectivity index is 1.42. The van der Waals surface area contributed by atoms with Crippen LogP contribution in [0.4, 0.5) is 27.6 Å². The molecule has 5 aliphatic rings. The lowest BCUT2D eigenvalue weighted by molar-refractivity contribution is -0.143. The summed E-state index contributed by atoms with van der Waals surface area (Å²) in [5.74, 6) is -21.2. The van der Waals surface area contributed by atoms with Crippen LogP contribution in [0.5, 0.6) is 11.5 Å². The number of phenolic OH excluding ortho intramolecular Hbond substituents is 1. The van der Waals surface area contributed by atoms with Gasteiger partial charge in [0.05, 0.1) is 18.9 Å². The number of likely N-dealkylation sites (tertiary alicyclic amines) is 1. The van der Waals surface area contributed by atoms with Crippen LogP contribution in [-0.4, -0.2) is 56.5 Å². The van der Waals surface area contributed by atoms with Gasteiger partial charge >= 0.3 is 0 Å². The molecule has 2 heterocycles. The van der Waals surface area contributed by atoms with Crippen LogP contribution in [0.1, 0.15) is 56.4 Å². The van der Waals surface area contributed by atoms with Gasteiger partial charge in [-0.25, -0.2) is 26.9 Å². The van der Waals surface area contributed by atoms with Crippen LogP contribution in [0, 0.1) is 46.8 Å². The number of rotatable bonds is 4. The van der Waals surface area contributed by atoms with E-state index in [9.17, 15) is 37.5 Å². The summed E-state index contributed by atoms with van der Waals surface area (Å²) in [4.78, 5) is 52.1. The van der Waals surface area contributed by atoms with Crippen LogP contribution in [0.15, 0.2) is 29.8 Å². The average Bonchev–Trinajstić information content (AvgIpc) is 3.41. The van der Waals surface area contributed by atoms with Crippen molar-refractivity contribution in [3.8, 4) is 11.5 Å². The molecule has 7 rings (SSSR count). The van der Waals surface area contributed by atoms with Crippen LogP contribution in [0.3, 0.4) is 0 Å². The summed E-state index contributed by atoms with van der Waals surface area (Å²) in [6.07, 6.45) is 4.88. The Morgan fingerprint density at radius 1 is 0.854 bits per heavy atom. The highest BCUT2D eigenvalue weighted by Gasteiger charge is 2.77. The summed E-state index contributed by atoms with van der Waals surface area (Å²) in [7, 11) is 1.32. The van der Waals surface area contributed by atoms with Gasteiger partial charge in [0.25, 0.3) is 11.8 Å². The third-order valence-electron chi connectivity index (χ3n) is 10.7. The molecule has 0 spiro atoms. The summed E-state index contributed by atoms with van der Waals surface area (Å²) >= 11 is 14.2. The van der Waals surface area contributed by atoms with Crippen molar-refractivity contribution in [2.45, 2.75) is 66.7 Å². The van der Waals surface area contributed by atoms with Gasteiger partial charge < -0.3 is 9.84 Å². The molecule has 2 saturated carbocycles. The summed E-state index contributed by atoms with van der Waals surface area (Å²) in [6.45, 7) is 0. The number of alkyl halides is 2. The van der Waals surface area contributed by atoms with E-state index in [1.54, 1.807) is 6.08 Å². The molecular formula is C33H27Cl2F5N2O6. The number of halogens is 7. The molecule has 2 aliphatic heterocycles. The monoisotopic (exact) mass is 712 g/mol. The fourth-order valence-electron chi connectivity index (χ4n) is 8.53. The zero-order chi connectivity index (χ0) is 34.6. The standard InChI is InChI=1S/C33H27Cl2F5N2O6/c1-48-14-7-8-16(19(43)11-14)21-15-9-10-17-20(29(45)41(28(17)44)13-5-3-2-4-6-13)18(15)12-32(34)30(46)42(31(47)33(21,32)35)27-25(39)23(37)22(36)24(38)26(27)40/h7-9,11,13,17-18,20-21,43H,2-6,10,12H2,1H3. The highest BCUT2D eigenvalue weighted by molar-refractivity contribution is 6.58. The fourth-order valence-corrected chi connectivity index (χ4v) is 9.46. The number of fused-ring (bicyclic) bond motifs is 4. The molecular weight excluding hydrogens is 686 g/mol. The summed E-state index contributed by atoms with van der Waals surface area (Å²) < 4.78 is 78.3. The predicted molar refractivity (Wildman–Crippen MR) is 160 cm³/mol. The zero-order valence-corrected chi connectivity index (χ0v) is 26.7. The van der Waals surface area contributed by atoms with E-state index in [4.69, 9.17) is 27.9 Å². The summed E-state index contributed by atoms with van der Waals surface area (Å²) in [6, 6.07) is 3.58. The van der Waals surface area contributed by atoms with Gasteiger partial charge in [-0.05, 0) is 37.7 Å². The molecule has 6 atom stereocenters. The van der Waals surface area contributed by atoms with Crippen molar-refractivity contribution in [2.24, 2.45) is 17.8 Å².